The zero-order chi connectivity index (χ0) is 7.02. The van der Waals surface area contributed by atoms with E-state index in [1.807, 2.05) is 20.8 Å². The van der Waals surface area contributed by atoms with Gasteiger partial charge in [0.2, 0.25) is 0 Å². The molecule has 2 nitrogen and oxygen atoms in total. The molecule has 9 heavy (non-hydrogen) atoms. The Balaban J connectivity index is 2.27. The lowest BCUT2D eigenvalue weighted by Crippen LogP contribution is -2.22. The van der Waals surface area contributed by atoms with Gasteiger partial charge in [0.15, 0.2) is 0 Å². The lowest BCUT2D eigenvalue weighted by Gasteiger charge is -2.09. The van der Waals surface area contributed by atoms with Crippen molar-refractivity contribution in [3.8, 4) is 0 Å². The lowest BCUT2D eigenvalue weighted by molar-refractivity contribution is 0.0922. The summed E-state index contributed by atoms with van der Waals surface area (Å²) in [5.74, 6) is 0.319. The van der Waals surface area contributed by atoms with E-state index in [0.717, 1.165) is 0 Å². The van der Waals surface area contributed by atoms with Crippen LogP contribution in [0.25, 0.3) is 0 Å². The highest BCUT2D eigenvalue weighted by Gasteiger charge is 2.41. The number of aliphatic hydroxyl groups is 1. The molecule has 1 fully saturated rings. The van der Waals surface area contributed by atoms with E-state index in [-0.39, 0.29) is 18.3 Å². The van der Waals surface area contributed by atoms with Crippen LogP contribution in [0.2, 0.25) is 0 Å². The molecule has 3 unspecified atom stereocenters. The third-order valence-electron chi connectivity index (χ3n) is 1.78. The molecule has 1 aliphatic heterocycles. The molecular formula is C7H14O2. The minimum Gasteiger partial charge on any atom is -0.390 e. The Hall–Kier alpha value is -0.0800. The summed E-state index contributed by atoms with van der Waals surface area (Å²) in [5.41, 5.74) is 0. The van der Waals surface area contributed by atoms with E-state index in [0.29, 0.717) is 5.92 Å². The molecule has 1 N–H and O–H groups in total. The van der Waals surface area contributed by atoms with E-state index in [9.17, 15) is 5.11 Å². The first-order chi connectivity index (χ1) is 4.13. The minimum atomic E-state index is -0.264. The van der Waals surface area contributed by atoms with E-state index in [4.69, 9.17) is 4.74 Å². The summed E-state index contributed by atoms with van der Waals surface area (Å²) in [5, 5.41) is 9.31. The van der Waals surface area contributed by atoms with Crippen LogP contribution < -0.4 is 0 Å². The highest BCUT2D eigenvalue weighted by molar-refractivity contribution is 4.88. The zero-order valence-electron chi connectivity index (χ0n) is 6.16. The summed E-state index contributed by atoms with van der Waals surface area (Å²) in [4.78, 5) is 0. The lowest BCUT2D eigenvalue weighted by atomic mass is 10.0. The largest absolute Gasteiger partial charge is 0.390 e. The van der Waals surface area contributed by atoms with E-state index >= 15 is 0 Å². The highest BCUT2D eigenvalue weighted by atomic mass is 16.6. The van der Waals surface area contributed by atoms with Gasteiger partial charge in [-0.3, -0.25) is 0 Å². The maximum atomic E-state index is 9.31. The maximum Gasteiger partial charge on any atom is 0.110 e. The molecule has 0 aromatic heterocycles. The van der Waals surface area contributed by atoms with Crippen LogP contribution in [0, 0.1) is 5.92 Å². The van der Waals surface area contributed by atoms with Gasteiger partial charge in [-0.15, -0.1) is 0 Å². The van der Waals surface area contributed by atoms with Crippen molar-refractivity contribution in [1.82, 2.24) is 0 Å². The molecule has 0 spiro atoms. The molecule has 0 amide bonds. The number of aliphatic hydroxyl groups excluding tert-OH is 1. The molecule has 1 heterocycles. The van der Waals surface area contributed by atoms with E-state index in [1.54, 1.807) is 0 Å². The van der Waals surface area contributed by atoms with Gasteiger partial charge in [-0.25, -0.2) is 0 Å². The van der Waals surface area contributed by atoms with Crippen LogP contribution in [0.1, 0.15) is 20.8 Å². The maximum absolute atomic E-state index is 9.31. The van der Waals surface area contributed by atoms with Gasteiger partial charge in [0.1, 0.15) is 6.10 Å². The summed E-state index contributed by atoms with van der Waals surface area (Å²) < 4.78 is 5.09. The first-order valence-electron chi connectivity index (χ1n) is 3.46. The molecule has 2 heteroatoms. The molecule has 0 aromatic rings. The monoisotopic (exact) mass is 130 g/mol. The fourth-order valence-corrected chi connectivity index (χ4v) is 0.940. The van der Waals surface area contributed by atoms with Gasteiger partial charge in [0.05, 0.1) is 12.2 Å². The Bertz CT molecular complexity index is 101. The van der Waals surface area contributed by atoms with Crippen molar-refractivity contribution in [1.29, 1.82) is 0 Å². The average molecular weight is 130 g/mol. The van der Waals surface area contributed by atoms with Crippen LogP contribution in [0.5, 0.6) is 0 Å². The second-order valence-electron chi connectivity index (χ2n) is 3.04. The van der Waals surface area contributed by atoms with Crippen molar-refractivity contribution < 1.29 is 9.84 Å². The Labute approximate surface area is 55.8 Å². The Kier molecular flexibility index (Phi) is 1.78. The van der Waals surface area contributed by atoms with Crippen LogP contribution in [0.4, 0.5) is 0 Å². The summed E-state index contributed by atoms with van der Waals surface area (Å²) in [6, 6.07) is 0. The van der Waals surface area contributed by atoms with Gasteiger partial charge in [0.25, 0.3) is 0 Å². The van der Waals surface area contributed by atoms with Crippen LogP contribution in [0.15, 0.2) is 0 Å². The van der Waals surface area contributed by atoms with Crippen LogP contribution >= 0.6 is 0 Å². The minimum absolute atomic E-state index is 0.116. The zero-order valence-corrected chi connectivity index (χ0v) is 6.16. The summed E-state index contributed by atoms with van der Waals surface area (Å²) in [7, 11) is 0. The highest BCUT2D eigenvalue weighted by Crippen LogP contribution is 2.27. The third-order valence-corrected chi connectivity index (χ3v) is 1.78. The predicted octanol–water partition coefficient (Wildman–Crippen LogP) is 0.791. The summed E-state index contributed by atoms with van der Waals surface area (Å²) in [6.45, 7) is 5.98. The van der Waals surface area contributed by atoms with E-state index in [1.165, 1.54) is 0 Å². The molecule has 0 saturated carbocycles. The summed E-state index contributed by atoms with van der Waals surface area (Å²) >= 11 is 0. The van der Waals surface area contributed by atoms with Gasteiger partial charge >= 0.3 is 0 Å². The molecule has 0 aromatic carbocycles. The smallest absolute Gasteiger partial charge is 0.110 e. The van der Waals surface area contributed by atoms with Crippen molar-refractivity contribution in [2.75, 3.05) is 0 Å². The van der Waals surface area contributed by atoms with E-state index < -0.39 is 0 Å². The molecule has 1 aliphatic rings. The van der Waals surface area contributed by atoms with Gasteiger partial charge in [-0.2, -0.15) is 0 Å². The molecule has 3 atom stereocenters. The fraction of sp³-hybridized carbons (Fsp3) is 1.00. The van der Waals surface area contributed by atoms with Gasteiger partial charge in [-0.1, -0.05) is 13.8 Å². The standard InChI is InChI=1S/C7H14O2/c1-4(2)6(8)7-5(3)9-7/h4-8H,1-3H3. The quantitative estimate of drug-likeness (QED) is 0.560. The number of hydrogen-bond donors (Lipinski definition) is 1. The number of hydrogen-bond acceptors (Lipinski definition) is 2. The van der Waals surface area contributed by atoms with Crippen LogP contribution in [0.3, 0.4) is 0 Å². The Morgan fingerprint density at radius 1 is 1.44 bits per heavy atom. The van der Waals surface area contributed by atoms with E-state index in [2.05, 4.69) is 0 Å². The van der Waals surface area contributed by atoms with Gasteiger partial charge in [-0.05, 0) is 12.8 Å². The fourth-order valence-electron chi connectivity index (χ4n) is 0.940. The van der Waals surface area contributed by atoms with Crippen LogP contribution in [-0.4, -0.2) is 23.4 Å². The molecule has 0 radical (unpaired) electrons. The van der Waals surface area contributed by atoms with Crippen molar-refractivity contribution in [2.45, 2.75) is 39.1 Å². The van der Waals surface area contributed by atoms with Crippen LogP contribution in [-0.2, 0) is 4.74 Å². The number of rotatable bonds is 2. The molecule has 54 valence electrons. The van der Waals surface area contributed by atoms with Crippen molar-refractivity contribution in [2.24, 2.45) is 5.92 Å². The summed E-state index contributed by atoms with van der Waals surface area (Å²) in [6.07, 6.45) is 0.132. The van der Waals surface area contributed by atoms with Crippen molar-refractivity contribution in [3.63, 3.8) is 0 Å². The second kappa shape index (κ2) is 2.27. The average Bonchev–Trinajstić information content (AvgIpc) is 2.44. The number of epoxide rings is 1. The van der Waals surface area contributed by atoms with Crippen molar-refractivity contribution in [3.05, 3.63) is 0 Å². The first-order valence-corrected chi connectivity index (χ1v) is 3.46. The van der Waals surface area contributed by atoms with Crippen molar-refractivity contribution >= 4 is 0 Å². The molecular weight excluding hydrogens is 116 g/mol. The SMILES string of the molecule is CC(C)C(O)C1OC1C. The predicted molar refractivity (Wildman–Crippen MR) is 35.2 cm³/mol. The Morgan fingerprint density at radius 3 is 2.00 bits per heavy atom. The molecule has 0 bridgehead atoms. The second-order valence-corrected chi connectivity index (χ2v) is 3.04. The molecule has 0 aliphatic carbocycles. The number of ether oxygens (including phenoxy) is 1. The molecule has 1 saturated heterocycles. The van der Waals surface area contributed by atoms with Gasteiger partial charge in [0, 0.05) is 0 Å². The third kappa shape index (κ3) is 1.43. The first kappa shape index (κ1) is 7.03. The normalized spacial score (nSPS) is 37.0. The molecule has 1 rings (SSSR count). The van der Waals surface area contributed by atoms with Gasteiger partial charge < -0.3 is 9.84 Å². The Morgan fingerprint density at radius 2 is 1.89 bits per heavy atom. The topological polar surface area (TPSA) is 32.8 Å².